The Morgan fingerprint density at radius 2 is 2.32 bits per heavy atom. The van der Waals surface area contributed by atoms with Gasteiger partial charge in [-0.2, -0.15) is 5.10 Å². The molecule has 116 valence electrons. The topological polar surface area (TPSA) is 101 Å². The van der Waals surface area contributed by atoms with E-state index in [-0.39, 0.29) is 5.69 Å². The Bertz CT molecular complexity index is 668. The summed E-state index contributed by atoms with van der Waals surface area (Å²) in [7, 11) is 0. The van der Waals surface area contributed by atoms with E-state index in [1.807, 2.05) is 6.20 Å². The Morgan fingerprint density at radius 1 is 1.45 bits per heavy atom. The molecule has 7 heteroatoms. The highest BCUT2D eigenvalue weighted by Gasteiger charge is 2.25. The number of aryl methyl sites for hydroxylation is 1. The zero-order chi connectivity index (χ0) is 15.5. The summed E-state index contributed by atoms with van der Waals surface area (Å²) in [6, 6.07) is 0. The first-order valence-corrected chi connectivity index (χ1v) is 7.58. The fourth-order valence-electron chi connectivity index (χ4n) is 3.00. The fourth-order valence-corrected chi connectivity index (χ4v) is 3.00. The number of aromatic nitrogens is 4. The number of carbonyl (C=O) groups excluding carboxylic acids is 1. The van der Waals surface area contributed by atoms with Crippen LogP contribution in [0, 0.1) is 0 Å². The number of piperidine rings is 1. The van der Waals surface area contributed by atoms with Crippen molar-refractivity contribution in [3.8, 4) is 0 Å². The van der Waals surface area contributed by atoms with E-state index in [1.54, 1.807) is 6.20 Å². The molecular formula is C15H20N6O. The summed E-state index contributed by atoms with van der Waals surface area (Å²) in [6.45, 7) is 3.88. The number of rotatable bonds is 4. The number of anilines is 1. The van der Waals surface area contributed by atoms with Gasteiger partial charge in [0.05, 0.1) is 18.6 Å². The van der Waals surface area contributed by atoms with Crippen molar-refractivity contribution in [3.05, 3.63) is 35.5 Å². The lowest BCUT2D eigenvalue weighted by Crippen LogP contribution is -2.35. The molecule has 3 N–H and O–H groups in total. The minimum absolute atomic E-state index is 0.204. The van der Waals surface area contributed by atoms with Crippen molar-refractivity contribution in [2.24, 2.45) is 5.73 Å². The molecule has 1 fully saturated rings. The Kier molecular flexibility index (Phi) is 4.04. The number of carbonyl (C=O) groups is 1. The molecule has 0 spiro atoms. The van der Waals surface area contributed by atoms with Crippen LogP contribution in [-0.4, -0.2) is 39.2 Å². The van der Waals surface area contributed by atoms with Crippen molar-refractivity contribution in [2.45, 2.75) is 32.1 Å². The highest BCUT2D eigenvalue weighted by Crippen LogP contribution is 2.29. The summed E-state index contributed by atoms with van der Waals surface area (Å²) in [5.41, 5.74) is 7.97. The number of H-pyrrole nitrogens is 1. The largest absolute Gasteiger partial charge is 0.364 e. The summed E-state index contributed by atoms with van der Waals surface area (Å²) in [5.74, 6) is 0.550. The number of amides is 1. The van der Waals surface area contributed by atoms with Crippen LogP contribution in [-0.2, 0) is 6.42 Å². The first-order chi connectivity index (χ1) is 10.7. The maximum absolute atomic E-state index is 11.3. The van der Waals surface area contributed by atoms with Gasteiger partial charge in [0.15, 0.2) is 0 Å². The van der Waals surface area contributed by atoms with Crippen molar-refractivity contribution >= 4 is 11.7 Å². The van der Waals surface area contributed by atoms with Crippen LogP contribution >= 0.6 is 0 Å². The summed E-state index contributed by atoms with van der Waals surface area (Å²) in [5, 5.41) is 7.31. The summed E-state index contributed by atoms with van der Waals surface area (Å²) in [6.07, 6.45) is 8.14. The maximum Gasteiger partial charge on any atom is 0.268 e. The molecule has 1 saturated heterocycles. The third kappa shape index (κ3) is 2.79. The van der Waals surface area contributed by atoms with Gasteiger partial charge in [0.1, 0.15) is 11.5 Å². The molecule has 1 atom stereocenters. The molecule has 22 heavy (non-hydrogen) atoms. The lowest BCUT2D eigenvalue weighted by molar-refractivity contribution is 0.0995. The number of aromatic amines is 1. The Hall–Kier alpha value is -2.44. The lowest BCUT2D eigenvalue weighted by Gasteiger charge is -2.33. The highest BCUT2D eigenvalue weighted by atomic mass is 16.1. The van der Waals surface area contributed by atoms with Crippen LogP contribution in [0.1, 0.15) is 47.4 Å². The molecule has 2 aromatic heterocycles. The van der Waals surface area contributed by atoms with E-state index in [1.165, 1.54) is 17.5 Å². The number of nitrogens with one attached hydrogen (secondary N) is 1. The van der Waals surface area contributed by atoms with E-state index in [2.05, 4.69) is 32.0 Å². The lowest BCUT2D eigenvalue weighted by atomic mass is 9.92. The fraction of sp³-hybridized carbons (Fsp3) is 0.467. The van der Waals surface area contributed by atoms with Crippen LogP contribution in [0.2, 0.25) is 0 Å². The summed E-state index contributed by atoms with van der Waals surface area (Å²) >= 11 is 0. The van der Waals surface area contributed by atoms with Gasteiger partial charge in [-0.1, -0.05) is 6.92 Å². The molecule has 0 saturated carbocycles. The van der Waals surface area contributed by atoms with Crippen molar-refractivity contribution in [1.29, 1.82) is 0 Å². The van der Waals surface area contributed by atoms with Gasteiger partial charge in [0.2, 0.25) is 0 Å². The van der Waals surface area contributed by atoms with Gasteiger partial charge < -0.3 is 10.6 Å². The van der Waals surface area contributed by atoms with Crippen LogP contribution in [0.3, 0.4) is 0 Å². The molecule has 1 aliphatic heterocycles. The zero-order valence-electron chi connectivity index (χ0n) is 12.6. The van der Waals surface area contributed by atoms with Crippen LogP contribution in [0.15, 0.2) is 18.6 Å². The molecule has 1 aliphatic rings. The molecule has 7 nitrogen and oxygen atoms in total. The number of hydrogen-bond acceptors (Lipinski definition) is 5. The molecule has 0 aliphatic carbocycles. The van der Waals surface area contributed by atoms with Crippen LogP contribution in [0.5, 0.6) is 0 Å². The average molecular weight is 300 g/mol. The minimum Gasteiger partial charge on any atom is -0.364 e. The van der Waals surface area contributed by atoms with Gasteiger partial charge in [-0.15, -0.1) is 0 Å². The number of primary amides is 1. The van der Waals surface area contributed by atoms with E-state index in [0.717, 1.165) is 32.4 Å². The third-order valence-electron chi connectivity index (χ3n) is 4.16. The summed E-state index contributed by atoms with van der Waals surface area (Å²) in [4.78, 5) is 21.8. The highest BCUT2D eigenvalue weighted by molar-refractivity contribution is 5.90. The first-order valence-electron chi connectivity index (χ1n) is 7.58. The van der Waals surface area contributed by atoms with E-state index in [4.69, 9.17) is 5.73 Å². The van der Waals surface area contributed by atoms with Crippen LogP contribution in [0.4, 0.5) is 5.82 Å². The van der Waals surface area contributed by atoms with Crippen molar-refractivity contribution in [2.75, 3.05) is 18.0 Å². The van der Waals surface area contributed by atoms with Gasteiger partial charge in [-0.3, -0.25) is 14.9 Å². The molecule has 2 aromatic rings. The predicted molar refractivity (Wildman–Crippen MR) is 82.7 cm³/mol. The maximum atomic E-state index is 11.3. The second-order valence-electron chi connectivity index (χ2n) is 5.57. The molecule has 0 bridgehead atoms. The van der Waals surface area contributed by atoms with Crippen molar-refractivity contribution in [1.82, 2.24) is 20.2 Å². The van der Waals surface area contributed by atoms with Crippen molar-refractivity contribution in [3.63, 3.8) is 0 Å². The molecule has 3 rings (SSSR count). The number of nitrogens with two attached hydrogens (primary N) is 1. The predicted octanol–water partition coefficient (Wildman–Crippen LogP) is 1.24. The Morgan fingerprint density at radius 3 is 3.09 bits per heavy atom. The average Bonchev–Trinajstić information content (AvgIpc) is 3.04. The van der Waals surface area contributed by atoms with Gasteiger partial charge in [0.25, 0.3) is 5.91 Å². The van der Waals surface area contributed by atoms with Gasteiger partial charge in [-0.25, -0.2) is 4.98 Å². The molecule has 3 heterocycles. The van der Waals surface area contributed by atoms with Gasteiger partial charge >= 0.3 is 0 Å². The normalized spacial score (nSPS) is 18.4. The third-order valence-corrected chi connectivity index (χ3v) is 4.16. The van der Waals surface area contributed by atoms with Crippen LogP contribution < -0.4 is 10.6 Å². The minimum atomic E-state index is -0.551. The SMILES string of the molecule is CCc1cn[nH]c1C1CCCN(c2cncc(C(N)=O)n2)C1. The standard InChI is InChI=1S/C15H20N6O/c1-2-10-6-18-20-14(10)11-4-3-5-21(9-11)13-8-17-7-12(19-13)15(16)22/h6-8,11H,2-5,9H2,1H3,(H2,16,22)(H,18,20). The van der Waals surface area contributed by atoms with E-state index in [0.29, 0.717) is 11.7 Å². The van der Waals surface area contributed by atoms with E-state index >= 15 is 0 Å². The van der Waals surface area contributed by atoms with E-state index < -0.39 is 5.91 Å². The Labute approximate surface area is 129 Å². The van der Waals surface area contributed by atoms with Gasteiger partial charge in [0, 0.05) is 24.7 Å². The summed E-state index contributed by atoms with van der Waals surface area (Å²) < 4.78 is 0. The molecule has 1 amide bonds. The zero-order valence-corrected chi connectivity index (χ0v) is 12.6. The number of nitrogens with zero attached hydrogens (tertiary/aromatic N) is 4. The second-order valence-corrected chi connectivity index (χ2v) is 5.57. The monoisotopic (exact) mass is 300 g/mol. The van der Waals surface area contributed by atoms with Gasteiger partial charge in [-0.05, 0) is 24.8 Å². The van der Waals surface area contributed by atoms with Crippen molar-refractivity contribution < 1.29 is 4.79 Å². The van der Waals surface area contributed by atoms with Crippen LogP contribution in [0.25, 0.3) is 0 Å². The molecular weight excluding hydrogens is 280 g/mol. The Balaban J connectivity index is 1.81. The molecule has 0 aromatic carbocycles. The first kappa shape index (κ1) is 14.5. The quantitative estimate of drug-likeness (QED) is 0.885. The second kappa shape index (κ2) is 6.13. The number of hydrogen-bond donors (Lipinski definition) is 2. The smallest absolute Gasteiger partial charge is 0.268 e. The van der Waals surface area contributed by atoms with E-state index in [9.17, 15) is 4.79 Å². The molecule has 0 radical (unpaired) electrons. The molecule has 1 unspecified atom stereocenters.